The first-order valence-electron chi connectivity index (χ1n) is 2.33. The number of allylic oxidation sites excluding steroid dienone is 3. The maximum absolute atomic E-state index is 3.21. The standard InChI is InChI=1S/C6H7.Bi.H/c1-4-6(3)5-2;;/h1H,2-3H3;;. The average Bonchev–Trinajstić information content (AvgIpc) is 1.91. The summed E-state index contributed by atoms with van der Waals surface area (Å²) in [6.45, 7) is 4.38. The van der Waals surface area contributed by atoms with Crippen molar-refractivity contribution in [2.24, 2.45) is 0 Å². The molecular weight excluding hydrogens is 281 g/mol. The molecule has 0 aromatic heterocycles. The predicted molar refractivity (Wildman–Crippen MR) is 33.3 cm³/mol. The van der Waals surface area contributed by atoms with Crippen molar-refractivity contribution in [3.05, 3.63) is 18.7 Å². The summed E-state index contributed by atoms with van der Waals surface area (Å²) < 4.78 is 3.92. The Hall–Kier alpha value is 0.363. The van der Waals surface area contributed by atoms with Crippen molar-refractivity contribution in [2.45, 2.75) is 13.8 Å². The van der Waals surface area contributed by atoms with Gasteiger partial charge in [0.15, 0.2) is 0 Å². The van der Waals surface area contributed by atoms with Gasteiger partial charge < -0.3 is 0 Å². The van der Waals surface area contributed by atoms with Crippen LogP contribution in [0.1, 0.15) is 13.8 Å². The van der Waals surface area contributed by atoms with Crippen LogP contribution in [0.4, 0.5) is 0 Å². The first-order valence-corrected chi connectivity index (χ1v) is 6.52. The fraction of sp³-hybridized carbons (Fsp3) is 0.333. The molecule has 0 unspecified atom stereocenters. The second kappa shape index (κ2) is 2.09. The molecule has 1 aliphatic rings. The van der Waals surface area contributed by atoms with Crippen molar-refractivity contribution in [1.82, 2.24) is 0 Å². The van der Waals surface area contributed by atoms with Crippen LogP contribution in [-0.2, 0) is 0 Å². The number of hydrogen-bond acceptors (Lipinski definition) is 0. The molecule has 37 valence electrons. The molecule has 0 aromatic rings. The molecule has 0 saturated carbocycles. The molecule has 0 bridgehead atoms. The van der Waals surface area contributed by atoms with Crippen LogP contribution in [0.25, 0.3) is 0 Å². The maximum atomic E-state index is 3.21. The number of hydrogen-bond donors (Lipinski definition) is 0. The summed E-state index contributed by atoms with van der Waals surface area (Å²) in [4.78, 5) is 0. The van der Waals surface area contributed by atoms with Crippen LogP contribution in [0.3, 0.4) is 0 Å². The van der Waals surface area contributed by atoms with E-state index in [0.29, 0.717) is 0 Å². The molecule has 7 heavy (non-hydrogen) atoms. The van der Waals surface area contributed by atoms with E-state index in [4.69, 9.17) is 0 Å². The van der Waals surface area contributed by atoms with Gasteiger partial charge in [-0.2, -0.15) is 0 Å². The second-order valence-corrected chi connectivity index (χ2v) is 6.84. The summed E-state index contributed by atoms with van der Waals surface area (Å²) in [5.41, 5.74) is 1.41. The van der Waals surface area contributed by atoms with Crippen LogP contribution >= 0.6 is 0 Å². The zero-order valence-corrected chi connectivity index (χ0v) is 8.46. The monoisotopic (exact) mass is 289 g/mol. The Morgan fingerprint density at radius 3 is 2.43 bits per heavy atom. The zero-order chi connectivity index (χ0) is 5.28. The van der Waals surface area contributed by atoms with E-state index in [-0.39, 0.29) is 23.2 Å². The van der Waals surface area contributed by atoms with E-state index in [1.54, 1.807) is 3.28 Å². The van der Waals surface area contributed by atoms with Crippen molar-refractivity contribution in [2.75, 3.05) is 0 Å². The quantitative estimate of drug-likeness (QED) is 0.585. The van der Waals surface area contributed by atoms with Gasteiger partial charge in [-0.1, -0.05) is 0 Å². The predicted octanol–water partition coefficient (Wildman–Crippen LogP) is 1.05. The van der Waals surface area contributed by atoms with E-state index in [9.17, 15) is 0 Å². The third-order valence-electron chi connectivity index (χ3n) is 1.14. The topological polar surface area (TPSA) is 0 Å². The summed E-state index contributed by atoms with van der Waals surface area (Å²) in [5.74, 6) is 0. The Balaban J connectivity index is 2.79. The molecule has 0 nitrogen and oxygen atoms in total. The molecule has 0 aromatic carbocycles. The Bertz CT molecular complexity index is 131. The Labute approximate surface area is 55.9 Å². The van der Waals surface area contributed by atoms with Crippen LogP contribution in [0.15, 0.2) is 12.6 Å². The molecule has 1 heteroatoms. The van der Waals surface area contributed by atoms with E-state index in [2.05, 4.69) is 23.7 Å². The summed E-state index contributed by atoms with van der Waals surface area (Å²) >= 11 is -0.358. The molecular formula is C6H8Bi. The molecule has 1 rings (SSSR count). The third kappa shape index (κ3) is 1.13. The van der Waals surface area contributed by atoms with Gasteiger partial charge in [0.05, 0.1) is 0 Å². The van der Waals surface area contributed by atoms with Crippen LogP contribution in [0.2, 0.25) is 0 Å². The fourth-order valence-electron chi connectivity index (χ4n) is 0.469. The van der Waals surface area contributed by atoms with Gasteiger partial charge in [0.2, 0.25) is 0 Å². The minimum absolute atomic E-state index is 0.358. The van der Waals surface area contributed by atoms with Gasteiger partial charge in [-0.05, 0) is 0 Å². The molecule has 0 fully saturated rings. The Morgan fingerprint density at radius 1 is 1.57 bits per heavy atom. The first-order chi connectivity index (χ1) is 3.30. The second-order valence-electron chi connectivity index (χ2n) is 1.68. The average molecular weight is 289 g/mol. The van der Waals surface area contributed by atoms with Gasteiger partial charge in [0.25, 0.3) is 0 Å². The fourth-order valence-corrected chi connectivity index (χ4v) is 3.56. The van der Waals surface area contributed by atoms with Gasteiger partial charge in [-0.3, -0.25) is 0 Å². The molecule has 0 N–H and O–H groups in total. The molecule has 0 atom stereocenters. The SMILES string of the molecule is CC1=[C](C)[BiH][CH]=[C]1. The normalized spacial score (nSPS) is 19.1. The van der Waals surface area contributed by atoms with E-state index >= 15 is 0 Å². The zero-order valence-electron chi connectivity index (χ0n) is 4.58. The van der Waals surface area contributed by atoms with Crippen LogP contribution in [0.5, 0.6) is 0 Å². The van der Waals surface area contributed by atoms with Crippen molar-refractivity contribution < 1.29 is 0 Å². The van der Waals surface area contributed by atoms with E-state index < -0.39 is 0 Å². The molecule has 1 heterocycles. The first kappa shape index (κ1) is 5.50. The van der Waals surface area contributed by atoms with Crippen molar-refractivity contribution >= 4 is 23.2 Å². The van der Waals surface area contributed by atoms with Crippen LogP contribution in [-0.4, -0.2) is 23.2 Å². The summed E-state index contributed by atoms with van der Waals surface area (Å²) in [7, 11) is 0. The molecule has 0 amide bonds. The number of rotatable bonds is 0. The summed E-state index contributed by atoms with van der Waals surface area (Å²) in [5, 5.41) is 0. The van der Waals surface area contributed by atoms with Gasteiger partial charge in [-0.25, -0.2) is 0 Å². The van der Waals surface area contributed by atoms with Crippen LogP contribution < -0.4 is 0 Å². The van der Waals surface area contributed by atoms with E-state index in [0.717, 1.165) is 0 Å². The van der Waals surface area contributed by atoms with Crippen molar-refractivity contribution in [3.63, 3.8) is 0 Å². The molecule has 0 saturated heterocycles. The molecule has 0 aliphatic carbocycles. The van der Waals surface area contributed by atoms with Crippen molar-refractivity contribution in [1.29, 1.82) is 0 Å². The van der Waals surface area contributed by atoms with Gasteiger partial charge in [0, 0.05) is 0 Å². The minimum atomic E-state index is -0.358. The third-order valence-corrected chi connectivity index (χ3v) is 5.40. The van der Waals surface area contributed by atoms with Gasteiger partial charge in [-0.15, -0.1) is 0 Å². The van der Waals surface area contributed by atoms with E-state index in [1.165, 1.54) is 5.57 Å². The summed E-state index contributed by atoms with van der Waals surface area (Å²) in [6, 6.07) is 0. The van der Waals surface area contributed by atoms with Crippen LogP contribution in [0, 0.1) is 6.08 Å². The van der Waals surface area contributed by atoms with E-state index in [1.807, 2.05) is 0 Å². The molecule has 1 aliphatic heterocycles. The van der Waals surface area contributed by atoms with Gasteiger partial charge >= 0.3 is 55.8 Å². The van der Waals surface area contributed by atoms with Gasteiger partial charge in [0.1, 0.15) is 0 Å². The van der Waals surface area contributed by atoms with Crippen molar-refractivity contribution in [3.8, 4) is 0 Å². The molecule has 0 spiro atoms. The Morgan fingerprint density at radius 2 is 2.29 bits per heavy atom. The summed E-state index contributed by atoms with van der Waals surface area (Å²) in [6.07, 6.45) is 3.21. The Kier molecular flexibility index (Phi) is 1.64. The molecule has 1 radical (unpaired) electrons.